The van der Waals surface area contributed by atoms with Crippen LogP contribution in [0, 0.1) is 0 Å². The van der Waals surface area contributed by atoms with Crippen LogP contribution in [0.1, 0.15) is 89.8 Å². The van der Waals surface area contributed by atoms with Crippen molar-refractivity contribution in [1.82, 2.24) is 15.0 Å². The summed E-state index contributed by atoms with van der Waals surface area (Å²) in [6, 6.07) is 5.50. The Labute approximate surface area is 235 Å². The second-order valence-corrected chi connectivity index (χ2v) is 13.5. The van der Waals surface area contributed by atoms with E-state index < -0.39 is 11.0 Å². The lowest BCUT2D eigenvalue weighted by atomic mass is 9.79. The molecular weight excluding hydrogens is 510 g/mol. The van der Waals surface area contributed by atoms with E-state index in [0.29, 0.717) is 28.8 Å². The van der Waals surface area contributed by atoms with E-state index in [2.05, 4.69) is 49.2 Å². The number of rotatable bonds is 9. The van der Waals surface area contributed by atoms with Crippen molar-refractivity contribution >= 4 is 40.1 Å². The van der Waals surface area contributed by atoms with Gasteiger partial charge in [0, 0.05) is 28.1 Å². The van der Waals surface area contributed by atoms with Crippen LogP contribution in [0.2, 0.25) is 0 Å². The molecule has 0 bridgehead atoms. The minimum atomic E-state index is -0.584. The third kappa shape index (κ3) is 5.84. The Morgan fingerprint density at radius 2 is 1.90 bits per heavy atom. The fourth-order valence-corrected chi connectivity index (χ4v) is 5.21. The molecule has 3 atom stereocenters. The smallest absolute Gasteiger partial charge is 0.340 e. The highest BCUT2D eigenvalue weighted by Gasteiger charge is 2.41. The lowest BCUT2D eigenvalue weighted by molar-refractivity contribution is 0.00864. The fraction of sp³-hybridized carbons (Fsp3) is 0.533. The van der Waals surface area contributed by atoms with Crippen molar-refractivity contribution in [2.75, 3.05) is 11.6 Å². The van der Waals surface area contributed by atoms with Gasteiger partial charge in [-0.05, 0) is 69.0 Å². The summed E-state index contributed by atoms with van der Waals surface area (Å²) in [6.45, 7) is 16.5. The number of ether oxygens (including phenoxy) is 2. The SMILES string of the molecule is CC[C@@](C)(N)c1cnc(OC(C)CC(C)(C)SC)c2cnc(Nc3ccc4c(n3)C(C)(C)C(C)OC4=O)cc12. The van der Waals surface area contributed by atoms with Gasteiger partial charge in [-0.3, -0.25) is 0 Å². The summed E-state index contributed by atoms with van der Waals surface area (Å²) in [5.74, 6) is 1.41. The van der Waals surface area contributed by atoms with E-state index >= 15 is 0 Å². The maximum atomic E-state index is 12.4. The molecule has 0 aromatic carbocycles. The normalized spacial score (nSPS) is 19.1. The molecule has 8 nitrogen and oxygen atoms in total. The maximum absolute atomic E-state index is 12.4. The number of fused-ring (bicyclic) bond motifs is 2. The molecular formula is C30H41N5O3S. The minimum Gasteiger partial charge on any atom is -0.474 e. The molecule has 3 aromatic heterocycles. The van der Waals surface area contributed by atoms with E-state index in [9.17, 15) is 4.79 Å². The van der Waals surface area contributed by atoms with Gasteiger partial charge in [0.05, 0.1) is 22.7 Å². The molecule has 3 aromatic rings. The third-order valence-corrected chi connectivity index (χ3v) is 9.28. The van der Waals surface area contributed by atoms with Gasteiger partial charge in [-0.15, -0.1) is 0 Å². The maximum Gasteiger partial charge on any atom is 0.340 e. The molecule has 3 N–H and O–H groups in total. The molecule has 0 aliphatic carbocycles. The molecule has 210 valence electrons. The largest absolute Gasteiger partial charge is 0.474 e. The summed E-state index contributed by atoms with van der Waals surface area (Å²) >= 11 is 1.82. The van der Waals surface area contributed by atoms with Crippen LogP contribution < -0.4 is 15.8 Å². The zero-order valence-electron chi connectivity index (χ0n) is 24.5. The van der Waals surface area contributed by atoms with Gasteiger partial charge >= 0.3 is 5.97 Å². The molecule has 0 saturated carbocycles. The molecule has 2 unspecified atom stereocenters. The summed E-state index contributed by atoms with van der Waals surface area (Å²) in [7, 11) is 0. The van der Waals surface area contributed by atoms with Gasteiger partial charge in [-0.1, -0.05) is 34.6 Å². The zero-order valence-corrected chi connectivity index (χ0v) is 25.3. The van der Waals surface area contributed by atoms with Crippen LogP contribution >= 0.6 is 11.8 Å². The van der Waals surface area contributed by atoms with Crippen molar-refractivity contribution in [1.29, 1.82) is 0 Å². The molecule has 0 spiro atoms. The number of carbonyl (C=O) groups excluding carboxylic acids is 1. The van der Waals surface area contributed by atoms with Gasteiger partial charge in [0.25, 0.3) is 0 Å². The number of thioether (sulfide) groups is 1. The molecule has 9 heteroatoms. The van der Waals surface area contributed by atoms with Gasteiger partial charge in [0.2, 0.25) is 5.88 Å². The highest BCUT2D eigenvalue weighted by molar-refractivity contribution is 7.99. The van der Waals surface area contributed by atoms with Crippen molar-refractivity contribution in [3.05, 3.63) is 47.4 Å². The summed E-state index contributed by atoms with van der Waals surface area (Å²) in [5.41, 5.74) is 7.83. The Bertz CT molecular complexity index is 1390. The van der Waals surface area contributed by atoms with Gasteiger partial charge in [0.1, 0.15) is 17.7 Å². The minimum absolute atomic E-state index is 0.0284. The number of esters is 1. The number of hydrogen-bond acceptors (Lipinski definition) is 9. The first kappa shape index (κ1) is 29.1. The average molecular weight is 552 g/mol. The Kier molecular flexibility index (Phi) is 7.89. The van der Waals surface area contributed by atoms with Crippen molar-refractivity contribution in [2.24, 2.45) is 5.73 Å². The first-order valence-corrected chi connectivity index (χ1v) is 14.7. The second-order valence-electron chi connectivity index (χ2n) is 11.9. The van der Waals surface area contributed by atoms with Crippen molar-refractivity contribution in [3.63, 3.8) is 0 Å². The number of hydrogen-bond donors (Lipinski definition) is 2. The van der Waals surface area contributed by atoms with E-state index in [1.165, 1.54) is 0 Å². The number of cyclic esters (lactones) is 1. The quantitative estimate of drug-likeness (QED) is 0.288. The van der Waals surface area contributed by atoms with Gasteiger partial charge in [0.15, 0.2) is 0 Å². The molecule has 0 fully saturated rings. The number of carbonyl (C=O) groups is 1. The first-order valence-electron chi connectivity index (χ1n) is 13.5. The molecule has 0 amide bonds. The van der Waals surface area contributed by atoms with E-state index in [4.69, 9.17) is 20.2 Å². The van der Waals surface area contributed by atoms with Crippen LogP contribution in [0.3, 0.4) is 0 Å². The third-order valence-electron chi connectivity index (χ3n) is 8.01. The zero-order chi connectivity index (χ0) is 28.8. The number of nitrogens with zero attached hydrogens (tertiary/aromatic N) is 3. The fourth-order valence-electron chi connectivity index (χ4n) is 4.81. The van der Waals surface area contributed by atoms with Crippen molar-refractivity contribution in [3.8, 4) is 5.88 Å². The lowest BCUT2D eigenvalue weighted by Gasteiger charge is -2.36. The lowest BCUT2D eigenvalue weighted by Crippen LogP contribution is -2.42. The number of pyridine rings is 3. The Morgan fingerprint density at radius 3 is 2.56 bits per heavy atom. The Balaban J connectivity index is 1.73. The summed E-state index contributed by atoms with van der Waals surface area (Å²) in [4.78, 5) is 26.6. The van der Waals surface area contributed by atoms with Crippen LogP contribution in [0.15, 0.2) is 30.6 Å². The van der Waals surface area contributed by atoms with E-state index in [1.54, 1.807) is 18.3 Å². The topological polar surface area (TPSA) is 112 Å². The monoisotopic (exact) mass is 551 g/mol. The second kappa shape index (κ2) is 10.6. The number of aromatic nitrogens is 3. The van der Waals surface area contributed by atoms with Crippen LogP contribution in [0.5, 0.6) is 5.88 Å². The Hall–Kier alpha value is -2.91. The molecule has 1 aliphatic heterocycles. The standard InChI is InChI=1S/C30H41N5O3S/c1-10-30(8,31)22-16-33-26(37-17(2)14-28(4,5)39-9)21-15-32-24(13-20(21)22)34-23-12-11-19-25(35-23)29(6,7)18(3)38-27(19)36/h11-13,15-18H,10,14,31H2,1-9H3,(H,32,34,35)/t17?,18?,30-/m1/s1. The van der Waals surface area contributed by atoms with E-state index in [-0.39, 0.29) is 22.9 Å². The van der Waals surface area contributed by atoms with Gasteiger partial charge in [-0.25, -0.2) is 19.7 Å². The summed E-state index contributed by atoms with van der Waals surface area (Å²) < 4.78 is 12.0. The molecule has 39 heavy (non-hydrogen) atoms. The number of nitrogens with one attached hydrogen (secondary N) is 1. The van der Waals surface area contributed by atoms with Gasteiger partial charge in [-0.2, -0.15) is 11.8 Å². The molecule has 1 aliphatic rings. The average Bonchev–Trinajstić information content (AvgIpc) is 2.87. The van der Waals surface area contributed by atoms with Crippen LogP contribution in [-0.4, -0.2) is 44.1 Å². The number of nitrogens with two attached hydrogens (primary N) is 1. The van der Waals surface area contributed by atoms with Crippen molar-refractivity contribution < 1.29 is 14.3 Å². The highest BCUT2D eigenvalue weighted by Crippen LogP contribution is 2.38. The predicted molar refractivity (Wildman–Crippen MR) is 159 cm³/mol. The van der Waals surface area contributed by atoms with Crippen LogP contribution in [0.4, 0.5) is 11.6 Å². The molecule has 4 heterocycles. The van der Waals surface area contributed by atoms with Crippen molar-refractivity contribution in [2.45, 2.75) is 96.1 Å². The van der Waals surface area contributed by atoms with E-state index in [1.807, 2.05) is 51.7 Å². The van der Waals surface area contributed by atoms with Gasteiger partial charge < -0.3 is 20.5 Å². The number of anilines is 2. The Morgan fingerprint density at radius 1 is 1.18 bits per heavy atom. The van der Waals surface area contributed by atoms with Crippen LogP contribution in [-0.2, 0) is 15.7 Å². The van der Waals surface area contributed by atoms with E-state index in [0.717, 1.165) is 29.2 Å². The highest BCUT2D eigenvalue weighted by atomic mass is 32.2. The summed E-state index contributed by atoms with van der Waals surface area (Å²) in [5, 5.41) is 5.07. The predicted octanol–water partition coefficient (Wildman–Crippen LogP) is 6.49. The molecule has 4 rings (SSSR count). The summed E-state index contributed by atoms with van der Waals surface area (Å²) in [6.07, 6.45) is 7.02. The molecule has 0 saturated heterocycles. The van der Waals surface area contributed by atoms with Crippen LogP contribution in [0.25, 0.3) is 10.8 Å². The first-order chi connectivity index (χ1) is 18.2. The molecule has 0 radical (unpaired) electrons.